The highest BCUT2D eigenvalue weighted by Gasteiger charge is 2.36. The first-order valence-corrected chi connectivity index (χ1v) is 7.29. The number of hydrogen-bond acceptors (Lipinski definition) is 3. The average molecular weight is 284 g/mol. The molecule has 0 amide bonds. The molecule has 4 heteroatoms. The number of hydrogen-bond donors (Lipinski definition) is 0. The van der Waals surface area contributed by atoms with Gasteiger partial charge in [0.25, 0.3) is 0 Å². The SMILES string of the molecule is [B][C@@H]1C[C@H](/C=C/C(=O)OCc2ccccc2)C(C)[C@@H]1OC. The van der Waals surface area contributed by atoms with E-state index < -0.39 is 0 Å². The minimum atomic E-state index is -0.319. The number of carbonyl (C=O) groups is 1. The molecule has 0 heterocycles. The van der Waals surface area contributed by atoms with Crippen LogP contribution in [-0.4, -0.2) is 27.0 Å². The predicted octanol–water partition coefficient (Wildman–Crippen LogP) is 2.91. The molecule has 1 aliphatic carbocycles. The van der Waals surface area contributed by atoms with Crippen molar-refractivity contribution in [1.82, 2.24) is 0 Å². The molecule has 0 bridgehead atoms. The number of rotatable bonds is 5. The zero-order valence-electron chi connectivity index (χ0n) is 12.6. The van der Waals surface area contributed by atoms with E-state index in [1.807, 2.05) is 36.4 Å². The van der Waals surface area contributed by atoms with Crippen molar-refractivity contribution in [1.29, 1.82) is 0 Å². The Bertz CT molecular complexity index is 486. The minimum Gasteiger partial charge on any atom is -0.458 e. The summed E-state index contributed by atoms with van der Waals surface area (Å²) < 4.78 is 10.6. The van der Waals surface area contributed by atoms with Crippen LogP contribution in [0.1, 0.15) is 18.9 Å². The molecule has 21 heavy (non-hydrogen) atoms. The zero-order chi connectivity index (χ0) is 15.2. The van der Waals surface area contributed by atoms with Crippen molar-refractivity contribution in [2.24, 2.45) is 11.8 Å². The van der Waals surface area contributed by atoms with Gasteiger partial charge in [-0.15, -0.1) is 0 Å². The molecule has 0 aromatic heterocycles. The molecule has 2 radical (unpaired) electrons. The molecule has 3 nitrogen and oxygen atoms in total. The molecule has 0 N–H and O–H groups in total. The number of carbonyl (C=O) groups excluding carboxylic acids is 1. The molecule has 1 saturated carbocycles. The van der Waals surface area contributed by atoms with Gasteiger partial charge in [0.15, 0.2) is 0 Å². The highest BCUT2D eigenvalue weighted by atomic mass is 16.5. The van der Waals surface area contributed by atoms with Crippen LogP contribution in [0.4, 0.5) is 0 Å². The lowest BCUT2D eigenvalue weighted by molar-refractivity contribution is -0.139. The molecule has 1 aromatic carbocycles. The predicted molar refractivity (Wildman–Crippen MR) is 83.0 cm³/mol. The number of ether oxygens (including phenoxy) is 2. The largest absolute Gasteiger partial charge is 0.458 e. The van der Waals surface area contributed by atoms with Crippen LogP contribution in [0.15, 0.2) is 42.5 Å². The average Bonchev–Trinajstić information content (AvgIpc) is 2.77. The molecule has 0 aliphatic heterocycles. The quantitative estimate of drug-likeness (QED) is 0.474. The van der Waals surface area contributed by atoms with Gasteiger partial charge in [-0.3, -0.25) is 0 Å². The Hall–Kier alpha value is -1.55. The lowest BCUT2D eigenvalue weighted by Crippen LogP contribution is -2.20. The number of esters is 1. The first-order chi connectivity index (χ1) is 10.1. The molecular weight excluding hydrogens is 263 g/mol. The van der Waals surface area contributed by atoms with E-state index in [1.54, 1.807) is 7.11 Å². The fraction of sp³-hybridized carbons (Fsp3) is 0.471. The van der Waals surface area contributed by atoms with Crippen molar-refractivity contribution >= 4 is 13.8 Å². The molecule has 1 aromatic rings. The Morgan fingerprint density at radius 1 is 1.38 bits per heavy atom. The van der Waals surface area contributed by atoms with Gasteiger partial charge in [0.1, 0.15) is 6.61 Å². The van der Waals surface area contributed by atoms with Crippen LogP contribution in [0.25, 0.3) is 0 Å². The van der Waals surface area contributed by atoms with Gasteiger partial charge in [0.2, 0.25) is 0 Å². The van der Waals surface area contributed by atoms with Crippen molar-refractivity contribution in [3.8, 4) is 0 Å². The molecular formula is C17H21BO3. The summed E-state index contributed by atoms with van der Waals surface area (Å²) in [6.07, 6.45) is 4.30. The lowest BCUT2D eigenvalue weighted by Gasteiger charge is -2.19. The zero-order valence-corrected chi connectivity index (χ0v) is 12.6. The summed E-state index contributed by atoms with van der Waals surface area (Å²) in [5, 5.41) is 0. The number of benzene rings is 1. The van der Waals surface area contributed by atoms with Crippen LogP contribution < -0.4 is 0 Å². The maximum absolute atomic E-state index is 11.7. The minimum absolute atomic E-state index is 0.0278. The summed E-state index contributed by atoms with van der Waals surface area (Å²) in [5.74, 6) is 0.276. The lowest BCUT2D eigenvalue weighted by atomic mass is 9.83. The van der Waals surface area contributed by atoms with E-state index in [2.05, 4.69) is 6.92 Å². The van der Waals surface area contributed by atoms with Crippen LogP contribution in [0.5, 0.6) is 0 Å². The Labute approximate surface area is 127 Å². The Balaban J connectivity index is 1.82. The van der Waals surface area contributed by atoms with E-state index >= 15 is 0 Å². The fourth-order valence-electron chi connectivity index (χ4n) is 2.92. The first kappa shape index (κ1) is 15.8. The van der Waals surface area contributed by atoms with Gasteiger partial charge < -0.3 is 9.47 Å². The molecule has 0 saturated heterocycles. The van der Waals surface area contributed by atoms with Gasteiger partial charge >= 0.3 is 5.97 Å². The van der Waals surface area contributed by atoms with Crippen molar-refractivity contribution in [3.63, 3.8) is 0 Å². The third-order valence-corrected chi connectivity index (χ3v) is 4.14. The smallest absolute Gasteiger partial charge is 0.330 e. The summed E-state index contributed by atoms with van der Waals surface area (Å²) in [6, 6.07) is 9.63. The van der Waals surface area contributed by atoms with E-state index in [9.17, 15) is 4.79 Å². The highest BCUT2D eigenvalue weighted by molar-refractivity contribution is 6.12. The molecule has 110 valence electrons. The van der Waals surface area contributed by atoms with Crippen molar-refractivity contribution in [3.05, 3.63) is 48.0 Å². The molecule has 0 spiro atoms. The molecule has 1 unspecified atom stereocenters. The summed E-state index contributed by atoms with van der Waals surface area (Å²) >= 11 is 0. The van der Waals surface area contributed by atoms with Gasteiger partial charge in [-0.1, -0.05) is 49.1 Å². The molecule has 1 fully saturated rings. The Morgan fingerprint density at radius 3 is 2.71 bits per heavy atom. The standard InChI is InChI=1S/C17H21BO3/c1-12-14(10-15(18)17(12)20-2)8-9-16(19)21-11-13-6-4-3-5-7-13/h3-9,12,14-15,17H,10-11H2,1-2H3/b9-8+/t12?,14-,15+,17-/m0/s1. The Morgan fingerprint density at radius 2 is 2.10 bits per heavy atom. The van der Waals surface area contributed by atoms with E-state index in [4.69, 9.17) is 17.3 Å². The summed E-state index contributed by atoms with van der Waals surface area (Å²) in [4.78, 5) is 11.7. The second-order valence-electron chi connectivity index (χ2n) is 5.58. The maximum Gasteiger partial charge on any atom is 0.330 e. The van der Waals surface area contributed by atoms with Crippen molar-refractivity contribution in [2.45, 2.75) is 31.9 Å². The third kappa shape index (κ3) is 4.21. The second-order valence-corrected chi connectivity index (χ2v) is 5.58. The topological polar surface area (TPSA) is 35.5 Å². The summed E-state index contributed by atoms with van der Waals surface area (Å²) in [7, 11) is 7.72. The number of methoxy groups -OCH3 is 1. The van der Waals surface area contributed by atoms with Crippen LogP contribution in [0.2, 0.25) is 5.82 Å². The van der Waals surface area contributed by atoms with E-state index in [0.717, 1.165) is 12.0 Å². The van der Waals surface area contributed by atoms with Crippen molar-refractivity contribution < 1.29 is 14.3 Å². The monoisotopic (exact) mass is 284 g/mol. The van der Waals surface area contributed by atoms with Gasteiger partial charge in [-0.25, -0.2) is 4.79 Å². The van der Waals surface area contributed by atoms with E-state index in [1.165, 1.54) is 6.08 Å². The third-order valence-electron chi connectivity index (χ3n) is 4.14. The Kier molecular flexibility index (Phi) is 5.63. The van der Waals surface area contributed by atoms with Gasteiger partial charge in [0.05, 0.1) is 14.0 Å². The van der Waals surface area contributed by atoms with Crippen LogP contribution in [-0.2, 0) is 20.9 Å². The molecule has 4 atom stereocenters. The van der Waals surface area contributed by atoms with Gasteiger partial charge in [0, 0.05) is 13.2 Å². The van der Waals surface area contributed by atoms with E-state index in [0.29, 0.717) is 12.5 Å². The molecule has 1 aliphatic rings. The van der Waals surface area contributed by atoms with Gasteiger partial charge in [-0.05, 0) is 23.8 Å². The molecule has 2 rings (SSSR count). The van der Waals surface area contributed by atoms with Crippen LogP contribution >= 0.6 is 0 Å². The highest BCUT2D eigenvalue weighted by Crippen LogP contribution is 2.40. The normalized spacial score (nSPS) is 28.9. The first-order valence-electron chi connectivity index (χ1n) is 7.29. The van der Waals surface area contributed by atoms with Gasteiger partial charge in [-0.2, -0.15) is 0 Å². The number of allylic oxidation sites excluding steroid dienone is 1. The fourth-order valence-corrected chi connectivity index (χ4v) is 2.92. The van der Waals surface area contributed by atoms with Crippen molar-refractivity contribution in [2.75, 3.05) is 7.11 Å². The van der Waals surface area contributed by atoms with E-state index in [-0.39, 0.29) is 23.8 Å². The maximum atomic E-state index is 11.7. The van der Waals surface area contributed by atoms with Crippen LogP contribution in [0, 0.1) is 11.8 Å². The summed E-state index contributed by atoms with van der Waals surface area (Å²) in [6.45, 7) is 2.40. The second kappa shape index (κ2) is 7.46. The summed E-state index contributed by atoms with van der Waals surface area (Å²) in [5.41, 5.74) is 0.981. The van der Waals surface area contributed by atoms with Crippen LogP contribution in [0.3, 0.4) is 0 Å².